The minimum Gasteiger partial charge on any atom is -0.374 e. The van der Waals surface area contributed by atoms with E-state index in [4.69, 9.17) is 146 Å². The first kappa shape index (κ1) is 103. The standard InChI is InChI=1S/C66H144O12S16Si4/c1-20-67-95(68-21-2,69-22-3)53-37-49-91(83,87-79)64(57-62(18)48-36-47-60(16)43-33-32-42-59(15)45-35-46-61(17)44-34-41-58(13)14)65(92(84,88-80)50-38-54-96(70-23-4,71-24-5)72-25-6)63(19)66(93(85,89-81)51-39-55-97(73-26-7,74-27-8)75-28-9)94(86,90-82)52-40-56-98(76-29-10,77-30-11)78-31-12/h57-61,79-86H,20-56H2,1-19H3. The summed E-state index contributed by atoms with van der Waals surface area (Å²) in [6.07, 6.45) is 21.7. The van der Waals surface area contributed by atoms with Crippen molar-refractivity contribution in [2.75, 3.05) is 102 Å². The highest BCUT2D eigenvalue weighted by Crippen LogP contribution is 2.90. The quantitative estimate of drug-likeness (QED) is 0.00972. The second-order valence-corrected chi connectivity index (χ2v) is 70.0. The molecule has 0 saturated heterocycles. The predicted molar refractivity (Wildman–Crippen MR) is 488 cm³/mol. The maximum atomic E-state index is 6.55. The monoisotopic (exact) mass is 1750 g/mol. The summed E-state index contributed by atoms with van der Waals surface area (Å²) < 4.78 is 79.4. The molecule has 0 aromatic heterocycles. The Bertz CT molecular complexity index is 2030. The van der Waals surface area contributed by atoms with Crippen LogP contribution in [0.15, 0.2) is 31.3 Å². The number of unbranched alkanes of at least 4 members (excludes halogenated alkanes) is 1. The molecule has 0 saturated carbocycles. The van der Waals surface area contributed by atoms with E-state index in [-0.39, 0.29) is 0 Å². The van der Waals surface area contributed by atoms with Crippen molar-refractivity contribution in [2.24, 2.45) is 23.7 Å². The third kappa shape index (κ3) is 38.6. The third-order valence-electron chi connectivity index (χ3n) is 16.8. The second-order valence-electron chi connectivity index (χ2n) is 25.4. The molecule has 0 aliphatic rings. The van der Waals surface area contributed by atoms with Crippen molar-refractivity contribution in [3.8, 4) is 0 Å². The molecule has 0 radical (unpaired) electrons. The van der Waals surface area contributed by atoms with Crippen molar-refractivity contribution in [1.29, 1.82) is 0 Å². The molecule has 7 unspecified atom stereocenters. The molecule has 32 heteroatoms. The average molecular weight is 1760 g/mol. The van der Waals surface area contributed by atoms with Gasteiger partial charge in [0.25, 0.3) is 0 Å². The minimum atomic E-state index is -3.12. The molecule has 0 heterocycles. The van der Waals surface area contributed by atoms with Crippen LogP contribution in [0.3, 0.4) is 0 Å². The minimum absolute atomic E-state index is 0.479. The van der Waals surface area contributed by atoms with Crippen molar-refractivity contribution in [3.63, 3.8) is 0 Å². The highest BCUT2D eigenvalue weighted by atomic mass is 33.7. The fourth-order valence-electron chi connectivity index (χ4n) is 12.4. The second kappa shape index (κ2) is 58.1. The Morgan fingerprint density at radius 1 is 0.337 bits per heavy atom. The normalized spacial score (nSPS) is 18.1. The van der Waals surface area contributed by atoms with Crippen LogP contribution in [0.1, 0.15) is 241 Å². The summed E-state index contributed by atoms with van der Waals surface area (Å²) in [6.45, 7) is 46.6. The lowest BCUT2D eigenvalue weighted by Crippen LogP contribution is -2.46. The van der Waals surface area contributed by atoms with Crippen LogP contribution >= 0.6 is 165 Å². The van der Waals surface area contributed by atoms with Gasteiger partial charge in [-0.2, -0.15) is 0 Å². The first-order valence-electron chi connectivity index (χ1n) is 36.8. The van der Waals surface area contributed by atoms with Crippen LogP contribution in [0, 0.1) is 23.7 Å². The summed E-state index contributed by atoms with van der Waals surface area (Å²) in [5, 5.41) is 0. The van der Waals surface area contributed by atoms with Crippen LogP contribution in [0.2, 0.25) is 24.2 Å². The molecule has 0 aliphatic heterocycles. The zero-order valence-electron chi connectivity index (χ0n) is 64.3. The molecule has 0 aromatic carbocycles. The number of hydrogen-bond acceptors (Lipinski definition) is 24. The molecule has 592 valence electrons. The highest BCUT2D eigenvalue weighted by molar-refractivity contribution is 9.43. The van der Waals surface area contributed by atoms with Gasteiger partial charge in [0.1, 0.15) is 0 Å². The van der Waals surface area contributed by atoms with Gasteiger partial charge in [0, 0.05) is 118 Å². The maximum Gasteiger partial charge on any atom is 0.500 e. The number of thiol groups is 8. The van der Waals surface area contributed by atoms with Crippen LogP contribution in [0.5, 0.6) is 0 Å². The van der Waals surface area contributed by atoms with E-state index in [1.807, 2.05) is 83.1 Å². The molecule has 0 rings (SSSR count). The lowest BCUT2D eigenvalue weighted by Gasteiger charge is -2.49. The summed E-state index contributed by atoms with van der Waals surface area (Å²) >= 11 is 45.8. The van der Waals surface area contributed by atoms with Crippen molar-refractivity contribution in [2.45, 2.75) is 265 Å². The first-order chi connectivity index (χ1) is 46.6. The molecular weight excluding hydrogens is 1610 g/mol. The Morgan fingerprint density at radius 3 is 0.847 bits per heavy atom. The van der Waals surface area contributed by atoms with Gasteiger partial charge < -0.3 is 53.1 Å². The smallest absolute Gasteiger partial charge is 0.374 e. The van der Waals surface area contributed by atoms with E-state index >= 15 is 0 Å². The number of rotatable bonds is 67. The van der Waals surface area contributed by atoms with Crippen molar-refractivity contribution in [1.82, 2.24) is 0 Å². The van der Waals surface area contributed by atoms with Crippen LogP contribution in [-0.2, 0) is 53.1 Å². The Labute approximate surface area is 668 Å². The highest BCUT2D eigenvalue weighted by Gasteiger charge is 2.49. The van der Waals surface area contributed by atoms with E-state index in [1.54, 1.807) is 9.83 Å². The summed E-state index contributed by atoms with van der Waals surface area (Å²) in [7, 11) is -15.4. The summed E-state index contributed by atoms with van der Waals surface area (Å²) in [5.41, 5.74) is 2.34. The summed E-state index contributed by atoms with van der Waals surface area (Å²) in [4.78, 5) is 2.22. The molecule has 0 spiro atoms. The summed E-state index contributed by atoms with van der Waals surface area (Å²) in [6, 6.07) is 2.44. The van der Waals surface area contributed by atoms with Gasteiger partial charge in [-0.15, -0.1) is 126 Å². The largest absolute Gasteiger partial charge is 0.500 e. The molecular formula is C66H144O12S16Si4. The molecule has 0 aliphatic carbocycles. The predicted octanol–water partition coefficient (Wildman–Crippen LogP) is 26.3. The van der Waals surface area contributed by atoms with Gasteiger partial charge in [-0.1, -0.05) is 111 Å². The summed E-state index contributed by atoms with van der Waals surface area (Å²) in [5.74, 6) is 5.67. The molecule has 0 N–H and O–H groups in total. The van der Waals surface area contributed by atoms with Crippen molar-refractivity contribution >= 4 is 200 Å². The molecule has 98 heavy (non-hydrogen) atoms. The number of hydrogen-bond donors (Lipinski definition) is 8. The van der Waals surface area contributed by atoms with Gasteiger partial charge in [0.05, 0.1) is 0 Å². The van der Waals surface area contributed by atoms with Crippen molar-refractivity contribution < 1.29 is 53.1 Å². The van der Waals surface area contributed by atoms with E-state index in [0.717, 1.165) is 63.1 Å². The van der Waals surface area contributed by atoms with Gasteiger partial charge in [-0.3, -0.25) is 0 Å². The SMILES string of the molecule is CCO[Si](CCCS(S)(SS)C(C=C(C)CCCC(C)CCCCC(C)CCCC(C)CCCC(C)C)=C(C(C)=C(S(S)(CCC[Si](OCC)(OCC)OCC)SS)S(S)(CCC[Si](OCC)(OCC)OCC)SS)S(S)(CCC[Si](OCC)(OCC)OCC)SS)(OCC)OCC. The van der Waals surface area contributed by atoms with Crippen LogP contribution in [0.25, 0.3) is 0 Å². The van der Waals surface area contributed by atoms with E-state index in [0.29, 0.717) is 152 Å². The topological polar surface area (TPSA) is 111 Å². The Kier molecular flexibility index (Phi) is 61.2. The van der Waals surface area contributed by atoms with Gasteiger partial charge in [0.15, 0.2) is 0 Å². The van der Waals surface area contributed by atoms with E-state index < -0.39 is 67.6 Å². The molecule has 12 nitrogen and oxygen atoms in total. The van der Waals surface area contributed by atoms with Gasteiger partial charge in [-0.05, 0) is 233 Å². The van der Waals surface area contributed by atoms with E-state index in [2.05, 4.69) is 54.5 Å². The fraction of sp³-hybridized carbons (Fsp3) is 0.909. The lowest BCUT2D eigenvalue weighted by atomic mass is 9.91. The van der Waals surface area contributed by atoms with Gasteiger partial charge in [0.2, 0.25) is 0 Å². The molecule has 0 aromatic rings. The maximum absolute atomic E-state index is 6.55. The first-order valence-corrected chi connectivity index (χ1v) is 65.5. The van der Waals surface area contributed by atoms with E-state index in [1.165, 1.54) is 99.3 Å². The van der Waals surface area contributed by atoms with Crippen LogP contribution < -0.4 is 0 Å². The Balaban J connectivity index is 9.22. The lowest BCUT2D eigenvalue weighted by molar-refractivity contribution is 0.0704. The van der Waals surface area contributed by atoms with Crippen LogP contribution in [0.4, 0.5) is 0 Å². The third-order valence-corrected chi connectivity index (χ3v) is 68.4. The zero-order valence-corrected chi connectivity index (χ0v) is 82.0. The Morgan fingerprint density at radius 2 is 0.582 bits per heavy atom. The molecule has 0 amide bonds. The van der Waals surface area contributed by atoms with Gasteiger partial charge in [-0.25, -0.2) is 0 Å². The Hall–Kier alpha value is 5.21. The zero-order chi connectivity index (χ0) is 74.4. The molecule has 0 bridgehead atoms. The van der Waals surface area contributed by atoms with Gasteiger partial charge >= 0.3 is 35.2 Å². The van der Waals surface area contributed by atoms with Crippen molar-refractivity contribution in [3.05, 3.63) is 31.3 Å². The molecule has 7 atom stereocenters. The van der Waals surface area contributed by atoms with Crippen LogP contribution in [-0.4, -0.2) is 138 Å². The fourth-order valence-corrected chi connectivity index (χ4v) is 55.8. The molecule has 0 fully saturated rings. The number of allylic oxidation sites excluding steroid dienone is 3. The average Bonchev–Trinajstić information content (AvgIpc) is 0.741. The van der Waals surface area contributed by atoms with E-state index in [9.17, 15) is 0 Å².